The van der Waals surface area contributed by atoms with Crippen LogP contribution < -0.4 is 10.6 Å². The smallest absolute Gasteiger partial charge is 0.408 e. The Kier molecular flexibility index (Phi) is 10.6. The number of hydrogen-bond donors (Lipinski definition) is 2. The lowest BCUT2D eigenvalue weighted by Crippen LogP contribution is -2.54. The van der Waals surface area contributed by atoms with Gasteiger partial charge in [0.1, 0.15) is 18.7 Å². The average molecular weight is 471 g/mol. The van der Waals surface area contributed by atoms with Crippen molar-refractivity contribution in [3.63, 3.8) is 0 Å². The molecule has 3 atom stereocenters. The van der Waals surface area contributed by atoms with Gasteiger partial charge in [0.25, 0.3) is 0 Å². The maximum atomic E-state index is 13.1. The summed E-state index contributed by atoms with van der Waals surface area (Å²) in [6.07, 6.45) is -0.726. The Morgan fingerprint density at radius 1 is 0.824 bits per heavy atom. The minimum absolute atomic E-state index is 0.0350. The predicted molar refractivity (Wildman–Crippen MR) is 123 cm³/mol. The Morgan fingerprint density at radius 2 is 1.41 bits per heavy atom. The van der Waals surface area contributed by atoms with Crippen LogP contribution in [0.15, 0.2) is 60.7 Å². The molecule has 0 spiro atoms. The summed E-state index contributed by atoms with van der Waals surface area (Å²) in [5.74, 6) is -2.46. The molecule has 0 fully saturated rings. The van der Waals surface area contributed by atoms with Gasteiger partial charge in [-0.1, -0.05) is 67.6 Å². The number of benzene rings is 2. The van der Waals surface area contributed by atoms with Crippen LogP contribution in [-0.4, -0.2) is 50.2 Å². The molecule has 0 aliphatic carbocycles. The summed E-state index contributed by atoms with van der Waals surface area (Å²) in [6.45, 7) is 1.65. The monoisotopic (exact) mass is 470 g/mol. The molecule has 9 nitrogen and oxygen atoms in total. The second-order valence-corrected chi connectivity index (χ2v) is 7.72. The first kappa shape index (κ1) is 26.4. The maximum Gasteiger partial charge on any atom is 0.408 e. The van der Waals surface area contributed by atoms with E-state index in [1.807, 2.05) is 60.7 Å². The number of methoxy groups -OCH3 is 2. The number of amides is 2. The molecule has 0 radical (unpaired) electrons. The number of carbonyl (C=O) groups excluding carboxylic acids is 4. The lowest BCUT2D eigenvalue weighted by molar-refractivity contribution is -0.148. The van der Waals surface area contributed by atoms with E-state index in [0.29, 0.717) is 0 Å². The van der Waals surface area contributed by atoms with E-state index in [0.717, 1.165) is 11.1 Å². The first-order chi connectivity index (χ1) is 16.3. The minimum atomic E-state index is -1.11. The van der Waals surface area contributed by atoms with Crippen molar-refractivity contribution < 1.29 is 33.4 Å². The summed E-state index contributed by atoms with van der Waals surface area (Å²) in [5, 5.41) is 5.18. The minimum Gasteiger partial charge on any atom is -0.469 e. The second kappa shape index (κ2) is 13.6. The second-order valence-electron chi connectivity index (χ2n) is 7.72. The van der Waals surface area contributed by atoms with Crippen molar-refractivity contribution in [2.24, 2.45) is 5.92 Å². The van der Waals surface area contributed by atoms with Gasteiger partial charge in [0, 0.05) is 6.42 Å². The third-order valence-electron chi connectivity index (χ3n) is 5.14. The van der Waals surface area contributed by atoms with Crippen LogP contribution in [0.2, 0.25) is 0 Å². The van der Waals surface area contributed by atoms with Gasteiger partial charge in [-0.05, 0) is 17.0 Å². The standard InChI is InChI=1S/C25H30N2O7/c1-17(14-21(28)32-2)22(24(30)33-3)27-23(29)20(15-18-10-6-4-7-11-18)26-25(31)34-16-19-12-8-5-9-13-19/h4-13,17,20,22H,14-16H2,1-3H3,(H,26,31)(H,27,29)/t17-,20+,22-/m1/s1. The Balaban J connectivity index is 2.13. The van der Waals surface area contributed by atoms with Crippen molar-refractivity contribution >= 4 is 23.9 Å². The number of esters is 2. The van der Waals surface area contributed by atoms with Gasteiger partial charge in [0.05, 0.1) is 20.6 Å². The molecule has 0 saturated heterocycles. The number of carbonyl (C=O) groups is 4. The number of ether oxygens (including phenoxy) is 3. The molecule has 2 amide bonds. The van der Waals surface area contributed by atoms with E-state index in [1.165, 1.54) is 14.2 Å². The van der Waals surface area contributed by atoms with E-state index in [2.05, 4.69) is 15.4 Å². The van der Waals surface area contributed by atoms with Crippen LogP contribution in [0, 0.1) is 5.92 Å². The molecule has 34 heavy (non-hydrogen) atoms. The van der Waals surface area contributed by atoms with Crippen LogP contribution in [0.25, 0.3) is 0 Å². The third kappa shape index (κ3) is 8.57. The molecule has 0 bridgehead atoms. The van der Waals surface area contributed by atoms with E-state index >= 15 is 0 Å². The van der Waals surface area contributed by atoms with Crippen LogP contribution >= 0.6 is 0 Å². The molecular formula is C25H30N2O7. The third-order valence-corrected chi connectivity index (χ3v) is 5.14. The molecule has 0 heterocycles. The number of rotatable bonds is 11. The first-order valence-electron chi connectivity index (χ1n) is 10.8. The van der Waals surface area contributed by atoms with Gasteiger partial charge in [0.15, 0.2) is 0 Å². The van der Waals surface area contributed by atoms with Crippen molar-refractivity contribution in [1.29, 1.82) is 0 Å². The fraction of sp³-hybridized carbons (Fsp3) is 0.360. The molecule has 0 saturated carbocycles. The summed E-state index contributed by atoms with van der Waals surface area (Å²) in [4.78, 5) is 49.6. The molecule has 9 heteroatoms. The van der Waals surface area contributed by atoms with Crippen LogP contribution in [0.3, 0.4) is 0 Å². The van der Waals surface area contributed by atoms with Gasteiger partial charge in [-0.15, -0.1) is 0 Å². The lowest BCUT2D eigenvalue weighted by Gasteiger charge is -2.25. The lowest BCUT2D eigenvalue weighted by atomic mass is 9.97. The van der Waals surface area contributed by atoms with Gasteiger partial charge in [-0.2, -0.15) is 0 Å². The average Bonchev–Trinajstić information content (AvgIpc) is 2.86. The Bertz CT molecular complexity index is 950. The molecule has 0 aromatic heterocycles. The Hall–Kier alpha value is -3.88. The van der Waals surface area contributed by atoms with Gasteiger partial charge < -0.3 is 24.8 Å². The van der Waals surface area contributed by atoms with Gasteiger partial charge in [0.2, 0.25) is 5.91 Å². The topological polar surface area (TPSA) is 120 Å². The van der Waals surface area contributed by atoms with E-state index in [9.17, 15) is 19.2 Å². The van der Waals surface area contributed by atoms with Gasteiger partial charge in [-0.3, -0.25) is 9.59 Å². The van der Waals surface area contributed by atoms with Gasteiger partial charge in [-0.25, -0.2) is 9.59 Å². The normalized spacial score (nSPS) is 13.0. The molecule has 2 aromatic rings. The van der Waals surface area contributed by atoms with Crippen LogP contribution in [0.5, 0.6) is 0 Å². The number of nitrogens with one attached hydrogen (secondary N) is 2. The van der Waals surface area contributed by atoms with Crippen LogP contribution in [0.4, 0.5) is 4.79 Å². The zero-order chi connectivity index (χ0) is 24.9. The largest absolute Gasteiger partial charge is 0.469 e. The zero-order valence-corrected chi connectivity index (χ0v) is 19.5. The molecular weight excluding hydrogens is 440 g/mol. The van der Waals surface area contributed by atoms with E-state index < -0.39 is 41.9 Å². The van der Waals surface area contributed by atoms with Crippen molar-refractivity contribution in [2.75, 3.05) is 14.2 Å². The fourth-order valence-electron chi connectivity index (χ4n) is 3.24. The van der Waals surface area contributed by atoms with Gasteiger partial charge >= 0.3 is 18.0 Å². The van der Waals surface area contributed by atoms with Crippen molar-refractivity contribution in [2.45, 2.75) is 38.5 Å². The zero-order valence-electron chi connectivity index (χ0n) is 19.5. The first-order valence-corrected chi connectivity index (χ1v) is 10.8. The Labute approximate surface area is 198 Å². The highest BCUT2D eigenvalue weighted by Crippen LogP contribution is 2.13. The summed E-state index contributed by atoms with van der Waals surface area (Å²) >= 11 is 0. The van der Waals surface area contributed by atoms with Crippen LogP contribution in [0.1, 0.15) is 24.5 Å². The van der Waals surface area contributed by atoms with Crippen LogP contribution in [-0.2, 0) is 41.6 Å². The van der Waals surface area contributed by atoms with Crippen molar-refractivity contribution in [3.05, 3.63) is 71.8 Å². The molecule has 0 aliphatic rings. The maximum absolute atomic E-state index is 13.1. The number of alkyl carbamates (subject to hydrolysis) is 1. The van der Waals surface area contributed by atoms with E-state index in [-0.39, 0.29) is 19.4 Å². The molecule has 182 valence electrons. The number of hydrogen-bond acceptors (Lipinski definition) is 7. The molecule has 0 unspecified atom stereocenters. The van der Waals surface area contributed by atoms with E-state index in [4.69, 9.17) is 9.47 Å². The predicted octanol–water partition coefficient (Wildman–Crippen LogP) is 2.38. The van der Waals surface area contributed by atoms with Crippen molar-refractivity contribution in [1.82, 2.24) is 10.6 Å². The molecule has 2 N–H and O–H groups in total. The summed E-state index contributed by atoms with van der Waals surface area (Å²) in [7, 11) is 2.43. The molecule has 2 rings (SSSR count). The Morgan fingerprint density at radius 3 is 1.97 bits per heavy atom. The van der Waals surface area contributed by atoms with E-state index in [1.54, 1.807) is 6.92 Å². The quantitative estimate of drug-likeness (QED) is 0.382. The highest BCUT2D eigenvalue weighted by atomic mass is 16.5. The summed E-state index contributed by atoms with van der Waals surface area (Å²) < 4.78 is 14.7. The molecule has 2 aromatic carbocycles. The summed E-state index contributed by atoms with van der Waals surface area (Å²) in [5.41, 5.74) is 1.59. The summed E-state index contributed by atoms with van der Waals surface area (Å²) in [6, 6.07) is 16.1. The molecule has 0 aliphatic heterocycles. The fourth-order valence-corrected chi connectivity index (χ4v) is 3.24. The highest BCUT2D eigenvalue weighted by molar-refractivity contribution is 5.90. The highest BCUT2D eigenvalue weighted by Gasteiger charge is 2.32. The SMILES string of the molecule is COC(=O)C[C@@H](C)[C@@H](NC(=O)[C@H](Cc1ccccc1)NC(=O)OCc1ccccc1)C(=O)OC. The van der Waals surface area contributed by atoms with Crippen molar-refractivity contribution in [3.8, 4) is 0 Å².